The second kappa shape index (κ2) is 10.2. The number of nitrogens with zero attached hydrogens (tertiary/aromatic N) is 2. The predicted octanol–water partition coefficient (Wildman–Crippen LogP) is 5.61. The van der Waals surface area contributed by atoms with Gasteiger partial charge in [-0.15, -0.1) is 10.2 Å². The van der Waals surface area contributed by atoms with Gasteiger partial charge in [-0.1, -0.05) is 44.7 Å². The average molecular weight is 468 g/mol. The molecule has 1 N–H and O–H groups in total. The molecule has 0 bridgehead atoms. The lowest BCUT2D eigenvalue weighted by molar-refractivity contribution is -0.123. The Hall–Kier alpha value is -3.13. The molecular weight excluding hydrogens is 438 g/mol. The van der Waals surface area contributed by atoms with Crippen molar-refractivity contribution in [1.29, 1.82) is 0 Å². The quantitative estimate of drug-likeness (QED) is 0.340. The second-order valence-corrected chi connectivity index (χ2v) is 10.2. The van der Waals surface area contributed by atoms with Crippen molar-refractivity contribution >= 4 is 29.1 Å². The molecule has 174 valence electrons. The number of carbonyl (C=O) groups is 2. The molecule has 2 aromatic carbocycles. The fraction of sp³-hybridized carbons (Fsp3) is 0.360. The van der Waals surface area contributed by atoms with Crippen LogP contribution in [0.4, 0.5) is 5.69 Å². The van der Waals surface area contributed by atoms with E-state index in [1.807, 2.05) is 52.8 Å². The SMILES string of the molecule is Cc1ccc(C)c(OCc2nnc(SC(C)C(=O)c3ccc(NC(=O)C(C)(C)C)cc3)o2)c1. The topological polar surface area (TPSA) is 94.3 Å². The second-order valence-electron chi connectivity index (χ2n) is 8.93. The summed E-state index contributed by atoms with van der Waals surface area (Å²) in [6.07, 6.45) is 0. The van der Waals surface area contributed by atoms with Crippen LogP contribution in [0.2, 0.25) is 0 Å². The summed E-state index contributed by atoms with van der Waals surface area (Å²) >= 11 is 1.20. The van der Waals surface area contributed by atoms with E-state index in [0.29, 0.717) is 22.4 Å². The number of aromatic nitrogens is 2. The molecule has 1 aromatic heterocycles. The first kappa shape index (κ1) is 24.5. The van der Waals surface area contributed by atoms with E-state index in [4.69, 9.17) is 9.15 Å². The fourth-order valence-corrected chi connectivity index (χ4v) is 3.60. The van der Waals surface area contributed by atoms with E-state index in [0.717, 1.165) is 16.9 Å². The zero-order chi connectivity index (χ0) is 24.2. The summed E-state index contributed by atoms with van der Waals surface area (Å²) in [6, 6.07) is 12.8. The average Bonchev–Trinajstić information content (AvgIpc) is 3.21. The predicted molar refractivity (Wildman–Crippen MR) is 129 cm³/mol. The maximum atomic E-state index is 12.8. The third-order valence-electron chi connectivity index (χ3n) is 4.90. The molecule has 0 aliphatic heterocycles. The number of carbonyl (C=O) groups excluding carboxylic acids is 2. The highest BCUT2D eigenvalue weighted by Gasteiger charge is 2.22. The Morgan fingerprint density at radius 2 is 1.79 bits per heavy atom. The van der Waals surface area contributed by atoms with Crippen molar-refractivity contribution in [3.63, 3.8) is 0 Å². The van der Waals surface area contributed by atoms with Gasteiger partial charge in [0.05, 0.1) is 5.25 Å². The van der Waals surface area contributed by atoms with Crippen molar-refractivity contribution in [2.45, 2.75) is 58.6 Å². The number of aryl methyl sites for hydroxylation is 2. The maximum absolute atomic E-state index is 12.8. The highest BCUT2D eigenvalue weighted by atomic mass is 32.2. The summed E-state index contributed by atoms with van der Waals surface area (Å²) in [6.45, 7) is 11.5. The molecule has 0 aliphatic carbocycles. The largest absolute Gasteiger partial charge is 0.484 e. The van der Waals surface area contributed by atoms with Crippen molar-refractivity contribution in [1.82, 2.24) is 10.2 Å². The van der Waals surface area contributed by atoms with Crippen LogP contribution in [0, 0.1) is 19.3 Å². The van der Waals surface area contributed by atoms with Gasteiger partial charge in [0.2, 0.25) is 5.91 Å². The summed E-state index contributed by atoms with van der Waals surface area (Å²) in [5.41, 5.74) is 2.83. The molecule has 1 heterocycles. The number of nitrogens with one attached hydrogen (secondary N) is 1. The highest BCUT2D eigenvalue weighted by Crippen LogP contribution is 2.26. The number of hydrogen-bond acceptors (Lipinski definition) is 7. The minimum absolute atomic E-state index is 0.0694. The molecule has 1 amide bonds. The van der Waals surface area contributed by atoms with Crippen LogP contribution in [0.5, 0.6) is 5.75 Å². The Morgan fingerprint density at radius 1 is 1.09 bits per heavy atom. The van der Waals surface area contributed by atoms with Crippen LogP contribution in [-0.2, 0) is 11.4 Å². The molecule has 1 atom stereocenters. The van der Waals surface area contributed by atoms with Gasteiger partial charge in [-0.2, -0.15) is 0 Å². The van der Waals surface area contributed by atoms with E-state index in [1.165, 1.54) is 11.8 Å². The van der Waals surface area contributed by atoms with Gasteiger partial charge in [-0.3, -0.25) is 9.59 Å². The number of ketones is 1. The molecule has 0 radical (unpaired) electrons. The number of rotatable bonds is 8. The molecule has 0 fully saturated rings. The maximum Gasteiger partial charge on any atom is 0.277 e. The monoisotopic (exact) mass is 467 g/mol. The summed E-state index contributed by atoms with van der Waals surface area (Å²) < 4.78 is 11.4. The van der Waals surface area contributed by atoms with Gasteiger partial charge in [0.1, 0.15) is 5.75 Å². The van der Waals surface area contributed by atoms with Crippen molar-refractivity contribution in [3.05, 3.63) is 65.0 Å². The van der Waals surface area contributed by atoms with Crippen LogP contribution in [0.1, 0.15) is 55.1 Å². The smallest absolute Gasteiger partial charge is 0.277 e. The van der Waals surface area contributed by atoms with E-state index in [9.17, 15) is 9.59 Å². The van der Waals surface area contributed by atoms with Crippen molar-refractivity contribution in [3.8, 4) is 5.75 Å². The number of thioether (sulfide) groups is 1. The molecule has 0 aliphatic rings. The number of benzene rings is 2. The first-order valence-corrected chi connectivity index (χ1v) is 11.6. The molecule has 1 unspecified atom stereocenters. The Morgan fingerprint density at radius 3 is 2.45 bits per heavy atom. The molecule has 7 nitrogen and oxygen atoms in total. The summed E-state index contributed by atoms with van der Waals surface area (Å²) in [5.74, 6) is 0.962. The fourth-order valence-electron chi connectivity index (χ4n) is 2.82. The zero-order valence-corrected chi connectivity index (χ0v) is 20.6. The Bertz CT molecular complexity index is 1130. The molecular formula is C25H29N3O4S. The molecule has 0 saturated carbocycles. The number of amides is 1. The van der Waals surface area contributed by atoms with Gasteiger partial charge in [0.25, 0.3) is 11.1 Å². The van der Waals surface area contributed by atoms with E-state index in [2.05, 4.69) is 15.5 Å². The zero-order valence-electron chi connectivity index (χ0n) is 19.8. The van der Waals surface area contributed by atoms with Gasteiger partial charge in [0, 0.05) is 16.7 Å². The van der Waals surface area contributed by atoms with E-state index in [-0.39, 0.29) is 18.3 Å². The van der Waals surface area contributed by atoms with Crippen LogP contribution in [0.25, 0.3) is 0 Å². The van der Waals surface area contributed by atoms with Crippen molar-refractivity contribution in [2.75, 3.05) is 5.32 Å². The minimum atomic E-state index is -0.494. The van der Waals surface area contributed by atoms with Crippen LogP contribution in [0.15, 0.2) is 52.1 Å². The molecule has 0 spiro atoms. The van der Waals surface area contributed by atoms with Crippen molar-refractivity contribution in [2.24, 2.45) is 5.41 Å². The standard InChI is InChI=1S/C25H29N3O4S/c1-15-7-8-16(2)20(13-15)31-14-21-27-28-24(32-21)33-17(3)22(29)18-9-11-19(12-10-18)26-23(30)25(4,5)6/h7-13,17H,14H2,1-6H3,(H,26,30). The lowest BCUT2D eigenvalue weighted by Crippen LogP contribution is -2.27. The van der Waals surface area contributed by atoms with Crippen LogP contribution in [0.3, 0.4) is 0 Å². The molecule has 0 saturated heterocycles. The van der Waals surface area contributed by atoms with E-state index >= 15 is 0 Å². The summed E-state index contributed by atoms with van der Waals surface area (Å²) in [4.78, 5) is 24.9. The lowest BCUT2D eigenvalue weighted by Gasteiger charge is -2.17. The number of anilines is 1. The third-order valence-corrected chi connectivity index (χ3v) is 5.83. The molecule has 3 rings (SSSR count). The summed E-state index contributed by atoms with van der Waals surface area (Å²) in [7, 11) is 0. The molecule has 3 aromatic rings. The highest BCUT2D eigenvalue weighted by molar-refractivity contribution is 8.00. The number of hydrogen-bond donors (Lipinski definition) is 1. The normalized spacial score (nSPS) is 12.3. The van der Waals surface area contributed by atoms with Gasteiger partial charge < -0.3 is 14.5 Å². The van der Waals surface area contributed by atoms with Gasteiger partial charge in [-0.25, -0.2) is 0 Å². The summed E-state index contributed by atoms with van der Waals surface area (Å²) in [5, 5.41) is 10.8. The van der Waals surface area contributed by atoms with Crippen LogP contribution >= 0.6 is 11.8 Å². The Labute approximate surface area is 198 Å². The van der Waals surface area contributed by atoms with E-state index < -0.39 is 10.7 Å². The minimum Gasteiger partial charge on any atom is -0.484 e. The van der Waals surface area contributed by atoms with Gasteiger partial charge in [-0.05, 0) is 62.2 Å². The van der Waals surface area contributed by atoms with Crippen molar-refractivity contribution < 1.29 is 18.7 Å². The van der Waals surface area contributed by atoms with Gasteiger partial charge >= 0.3 is 0 Å². The van der Waals surface area contributed by atoms with Gasteiger partial charge in [0.15, 0.2) is 12.4 Å². The van der Waals surface area contributed by atoms with E-state index in [1.54, 1.807) is 31.2 Å². The molecule has 8 heteroatoms. The Balaban J connectivity index is 1.56. The molecule has 33 heavy (non-hydrogen) atoms. The first-order valence-electron chi connectivity index (χ1n) is 10.7. The first-order chi connectivity index (χ1) is 15.5. The Kier molecular flexibility index (Phi) is 7.58. The van der Waals surface area contributed by atoms with Crippen LogP contribution < -0.4 is 10.1 Å². The van der Waals surface area contributed by atoms with Crippen LogP contribution in [-0.4, -0.2) is 27.1 Å². The number of Topliss-reactive ketones (excluding diaryl/α,β-unsaturated/α-hetero) is 1. The lowest BCUT2D eigenvalue weighted by atomic mass is 9.95. The third kappa shape index (κ3) is 6.68. The number of ether oxygens (including phenoxy) is 1.